The molecule has 2 heterocycles. The molecule has 1 amide bonds. The van der Waals surface area contributed by atoms with Crippen LogP contribution in [0.2, 0.25) is 0 Å². The molecule has 0 bridgehead atoms. The number of amides is 1. The highest BCUT2D eigenvalue weighted by Crippen LogP contribution is 2.19. The zero-order chi connectivity index (χ0) is 18.2. The van der Waals surface area contributed by atoms with Crippen molar-refractivity contribution in [2.45, 2.75) is 13.1 Å². The lowest BCUT2D eigenvalue weighted by Crippen LogP contribution is -2.24. The average Bonchev–Trinajstić information content (AvgIpc) is 2.71. The number of hydrogen-bond acceptors (Lipinski definition) is 5. The maximum absolute atomic E-state index is 12.3. The Kier molecular flexibility index (Phi) is 5.77. The largest absolute Gasteiger partial charge is 0.496 e. The highest BCUT2D eigenvalue weighted by molar-refractivity contribution is 5.93. The van der Waals surface area contributed by atoms with E-state index >= 15 is 0 Å². The monoisotopic (exact) mass is 348 g/mol. The van der Waals surface area contributed by atoms with Gasteiger partial charge < -0.3 is 15.4 Å². The molecule has 6 nitrogen and oxygen atoms in total. The third-order valence-corrected chi connectivity index (χ3v) is 3.82. The maximum Gasteiger partial charge on any atom is 0.270 e. The number of aromatic nitrogens is 2. The van der Waals surface area contributed by atoms with Gasteiger partial charge in [-0.25, -0.2) is 0 Å². The van der Waals surface area contributed by atoms with E-state index in [4.69, 9.17) is 4.74 Å². The molecule has 0 radical (unpaired) electrons. The van der Waals surface area contributed by atoms with Crippen molar-refractivity contribution in [2.24, 2.45) is 0 Å². The van der Waals surface area contributed by atoms with Crippen LogP contribution < -0.4 is 15.4 Å². The van der Waals surface area contributed by atoms with Gasteiger partial charge in [0.15, 0.2) is 0 Å². The summed E-state index contributed by atoms with van der Waals surface area (Å²) in [4.78, 5) is 20.6. The van der Waals surface area contributed by atoms with Gasteiger partial charge in [0.05, 0.1) is 19.3 Å². The van der Waals surface area contributed by atoms with Gasteiger partial charge in [-0.3, -0.25) is 14.8 Å². The quantitative estimate of drug-likeness (QED) is 0.686. The first-order valence-electron chi connectivity index (χ1n) is 8.26. The number of para-hydroxylation sites is 1. The lowest BCUT2D eigenvalue weighted by molar-refractivity contribution is 0.0945. The molecule has 2 aromatic heterocycles. The molecule has 2 N–H and O–H groups in total. The average molecular weight is 348 g/mol. The Morgan fingerprint density at radius 1 is 1.00 bits per heavy atom. The molecular weight excluding hydrogens is 328 g/mol. The number of carbonyl (C=O) groups is 1. The minimum Gasteiger partial charge on any atom is -0.496 e. The van der Waals surface area contributed by atoms with Crippen LogP contribution in [0.1, 0.15) is 21.7 Å². The van der Waals surface area contributed by atoms with Crippen molar-refractivity contribution in [1.29, 1.82) is 0 Å². The lowest BCUT2D eigenvalue weighted by Gasteiger charge is -2.11. The van der Waals surface area contributed by atoms with Crippen molar-refractivity contribution in [3.05, 3.63) is 83.9 Å². The number of anilines is 1. The first-order valence-corrected chi connectivity index (χ1v) is 8.26. The standard InChI is InChI=1S/C20H20N4O2/c1-26-19-8-3-2-6-15(19)13-23-16-9-11-22-18(12-16)20(25)24-14-17-7-4-5-10-21-17/h2-12H,13-14H2,1H3,(H,22,23)(H,24,25). The molecule has 26 heavy (non-hydrogen) atoms. The normalized spacial score (nSPS) is 10.2. The number of nitrogens with zero attached hydrogens (tertiary/aromatic N) is 2. The molecule has 6 heteroatoms. The van der Waals surface area contributed by atoms with Gasteiger partial charge in [0.1, 0.15) is 11.4 Å². The number of hydrogen-bond donors (Lipinski definition) is 2. The second-order valence-electron chi connectivity index (χ2n) is 5.60. The number of methoxy groups -OCH3 is 1. The molecular formula is C20H20N4O2. The van der Waals surface area contributed by atoms with Crippen molar-refractivity contribution in [3.8, 4) is 5.75 Å². The third-order valence-electron chi connectivity index (χ3n) is 3.82. The molecule has 0 aliphatic carbocycles. The number of carbonyl (C=O) groups excluding carboxylic acids is 1. The van der Waals surface area contributed by atoms with Gasteiger partial charge in [0, 0.05) is 30.2 Å². The van der Waals surface area contributed by atoms with E-state index in [-0.39, 0.29) is 5.91 Å². The summed E-state index contributed by atoms with van der Waals surface area (Å²) in [5.41, 5.74) is 3.00. The molecule has 0 saturated heterocycles. The molecule has 1 aromatic carbocycles. The van der Waals surface area contributed by atoms with Gasteiger partial charge in [-0.05, 0) is 30.3 Å². The molecule has 0 aliphatic rings. The van der Waals surface area contributed by atoms with E-state index < -0.39 is 0 Å². The van der Waals surface area contributed by atoms with Crippen LogP contribution in [0.15, 0.2) is 67.0 Å². The van der Waals surface area contributed by atoms with E-state index in [1.165, 1.54) is 0 Å². The summed E-state index contributed by atoms with van der Waals surface area (Å²) in [6.45, 7) is 0.948. The summed E-state index contributed by atoms with van der Waals surface area (Å²) in [5, 5.41) is 6.12. The summed E-state index contributed by atoms with van der Waals surface area (Å²) in [7, 11) is 1.65. The Labute approximate surface area is 152 Å². The van der Waals surface area contributed by atoms with Crippen molar-refractivity contribution in [1.82, 2.24) is 15.3 Å². The van der Waals surface area contributed by atoms with Crippen molar-refractivity contribution in [3.63, 3.8) is 0 Å². The predicted octanol–water partition coefficient (Wildman–Crippen LogP) is 3.03. The van der Waals surface area contributed by atoms with Gasteiger partial charge in [-0.2, -0.15) is 0 Å². The molecule has 0 saturated carbocycles. The maximum atomic E-state index is 12.3. The van der Waals surface area contributed by atoms with Crippen molar-refractivity contribution < 1.29 is 9.53 Å². The fourth-order valence-corrected chi connectivity index (χ4v) is 2.48. The topological polar surface area (TPSA) is 76.1 Å². The van der Waals surface area contributed by atoms with E-state index in [9.17, 15) is 4.79 Å². The summed E-state index contributed by atoms with van der Waals surface area (Å²) >= 11 is 0. The number of rotatable bonds is 7. The van der Waals surface area contributed by atoms with Gasteiger partial charge in [-0.1, -0.05) is 24.3 Å². The Morgan fingerprint density at radius 3 is 2.65 bits per heavy atom. The molecule has 0 fully saturated rings. The van der Waals surface area contributed by atoms with E-state index in [2.05, 4.69) is 20.6 Å². The molecule has 0 atom stereocenters. The fourth-order valence-electron chi connectivity index (χ4n) is 2.48. The van der Waals surface area contributed by atoms with Gasteiger partial charge >= 0.3 is 0 Å². The minimum atomic E-state index is -0.239. The number of pyridine rings is 2. The smallest absolute Gasteiger partial charge is 0.270 e. The summed E-state index contributed by atoms with van der Waals surface area (Å²) in [6, 6.07) is 16.9. The Balaban J connectivity index is 1.61. The van der Waals surface area contributed by atoms with E-state index in [1.807, 2.05) is 48.5 Å². The van der Waals surface area contributed by atoms with Crippen LogP contribution >= 0.6 is 0 Å². The minimum absolute atomic E-state index is 0.239. The van der Waals surface area contributed by atoms with Crippen LogP contribution in [-0.2, 0) is 13.1 Å². The van der Waals surface area contributed by atoms with Gasteiger partial charge in [-0.15, -0.1) is 0 Å². The molecule has 3 rings (SSSR count). The molecule has 132 valence electrons. The first kappa shape index (κ1) is 17.4. The van der Waals surface area contributed by atoms with Crippen molar-refractivity contribution >= 4 is 11.6 Å². The second-order valence-corrected chi connectivity index (χ2v) is 5.60. The molecule has 0 unspecified atom stereocenters. The lowest BCUT2D eigenvalue weighted by atomic mass is 10.2. The highest BCUT2D eigenvalue weighted by atomic mass is 16.5. The number of benzene rings is 1. The van der Waals surface area contributed by atoms with E-state index in [0.717, 1.165) is 22.7 Å². The first-order chi connectivity index (χ1) is 12.8. The zero-order valence-electron chi connectivity index (χ0n) is 14.5. The predicted molar refractivity (Wildman–Crippen MR) is 100.0 cm³/mol. The Hall–Kier alpha value is -3.41. The summed E-state index contributed by atoms with van der Waals surface area (Å²) < 4.78 is 5.35. The second kappa shape index (κ2) is 8.62. The third kappa shape index (κ3) is 4.57. The van der Waals surface area contributed by atoms with E-state index in [0.29, 0.717) is 18.8 Å². The molecule has 0 spiro atoms. The van der Waals surface area contributed by atoms with Crippen molar-refractivity contribution in [2.75, 3.05) is 12.4 Å². The van der Waals surface area contributed by atoms with Crippen LogP contribution in [0, 0.1) is 0 Å². The number of nitrogens with one attached hydrogen (secondary N) is 2. The fraction of sp³-hybridized carbons (Fsp3) is 0.150. The van der Waals surface area contributed by atoms with Crippen LogP contribution in [-0.4, -0.2) is 23.0 Å². The van der Waals surface area contributed by atoms with Crippen LogP contribution in [0.4, 0.5) is 5.69 Å². The van der Waals surface area contributed by atoms with Crippen LogP contribution in [0.25, 0.3) is 0 Å². The van der Waals surface area contributed by atoms with Crippen LogP contribution in [0.3, 0.4) is 0 Å². The van der Waals surface area contributed by atoms with E-state index in [1.54, 1.807) is 25.6 Å². The molecule has 0 aliphatic heterocycles. The molecule has 3 aromatic rings. The van der Waals surface area contributed by atoms with Gasteiger partial charge in [0.2, 0.25) is 0 Å². The highest BCUT2D eigenvalue weighted by Gasteiger charge is 2.08. The Bertz CT molecular complexity index is 868. The Morgan fingerprint density at radius 2 is 1.85 bits per heavy atom. The van der Waals surface area contributed by atoms with Gasteiger partial charge in [0.25, 0.3) is 5.91 Å². The SMILES string of the molecule is COc1ccccc1CNc1ccnc(C(=O)NCc2ccccn2)c1. The summed E-state index contributed by atoms with van der Waals surface area (Å²) in [5.74, 6) is 0.582. The van der Waals surface area contributed by atoms with Crippen LogP contribution in [0.5, 0.6) is 5.75 Å². The number of ether oxygens (including phenoxy) is 1. The summed E-state index contributed by atoms with van der Waals surface area (Å²) in [6.07, 6.45) is 3.31. The zero-order valence-corrected chi connectivity index (χ0v) is 14.5.